The van der Waals surface area contributed by atoms with Crippen LogP contribution in [0, 0.1) is 18.4 Å². The Hall–Kier alpha value is -0.550. The van der Waals surface area contributed by atoms with Crippen LogP contribution in [0.3, 0.4) is 0 Å². The zero-order valence-electron chi connectivity index (χ0n) is 10.3. The van der Waals surface area contributed by atoms with Crippen molar-refractivity contribution in [3.8, 4) is 0 Å². The summed E-state index contributed by atoms with van der Waals surface area (Å²) < 4.78 is 6.05. The summed E-state index contributed by atoms with van der Waals surface area (Å²) in [7, 11) is 0. The third-order valence-electron chi connectivity index (χ3n) is 5.46. The van der Waals surface area contributed by atoms with Crippen LogP contribution in [0.5, 0.6) is 0 Å². The molecule has 0 radical (unpaired) electrons. The van der Waals surface area contributed by atoms with E-state index in [1.807, 2.05) is 0 Å². The van der Waals surface area contributed by atoms with Gasteiger partial charge in [0.05, 0.1) is 12.5 Å². The van der Waals surface area contributed by atoms with Gasteiger partial charge in [-0.2, -0.15) is 0 Å². The lowest BCUT2D eigenvalue weighted by Crippen LogP contribution is -2.37. The highest BCUT2D eigenvalue weighted by atomic mass is 16.6. The highest BCUT2D eigenvalue weighted by molar-refractivity contribution is 5.18. The number of hydrogen-bond donors (Lipinski definition) is 0. The first-order valence-electron chi connectivity index (χ1n) is 6.67. The van der Waals surface area contributed by atoms with E-state index in [1.54, 1.807) is 0 Å². The minimum atomic E-state index is -0.180. The molecule has 1 aliphatic heterocycles. The lowest BCUT2D eigenvalue weighted by molar-refractivity contribution is 0.180. The van der Waals surface area contributed by atoms with Gasteiger partial charge >= 0.3 is 0 Å². The maximum atomic E-state index is 7.50. The van der Waals surface area contributed by atoms with Gasteiger partial charge in [0.15, 0.2) is 0 Å². The zero-order valence-corrected chi connectivity index (χ0v) is 10.3. The van der Waals surface area contributed by atoms with Gasteiger partial charge in [0, 0.05) is 12.8 Å². The first kappa shape index (κ1) is 10.6. The van der Waals surface area contributed by atoms with Crippen molar-refractivity contribution in [1.29, 1.82) is 0 Å². The molecular formula is C14H21NO. The Bertz CT molecular complexity index is 347. The number of rotatable bonds is 0. The molecule has 0 unspecified atom stereocenters. The van der Waals surface area contributed by atoms with E-state index in [-0.39, 0.29) is 11.1 Å². The van der Waals surface area contributed by atoms with E-state index in [4.69, 9.17) is 11.3 Å². The van der Waals surface area contributed by atoms with Crippen LogP contribution in [-0.4, -0.2) is 17.2 Å². The molecule has 2 saturated carbocycles. The molecule has 1 saturated heterocycles. The molecule has 0 aromatic carbocycles. The summed E-state index contributed by atoms with van der Waals surface area (Å²) in [6.45, 7) is 11.9. The molecule has 1 heterocycles. The Kier molecular flexibility index (Phi) is 2.14. The van der Waals surface area contributed by atoms with Crippen molar-refractivity contribution in [2.75, 3.05) is 0 Å². The highest BCUT2D eigenvalue weighted by Gasteiger charge is 2.67. The van der Waals surface area contributed by atoms with Crippen LogP contribution in [0.1, 0.15) is 52.4 Å². The van der Waals surface area contributed by atoms with Crippen LogP contribution in [-0.2, 0) is 4.74 Å². The van der Waals surface area contributed by atoms with Gasteiger partial charge in [0.25, 0.3) is 0 Å². The topological polar surface area (TPSA) is 16.9 Å². The Labute approximate surface area is 98.2 Å². The number of epoxide rings is 1. The molecule has 2 heteroatoms. The minimum absolute atomic E-state index is 0.127. The quantitative estimate of drug-likeness (QED) is 0.450. The standard InChI is InChI=1S/C14H21NO/c1-10-7-8-11-5-4-6-12-14(11,16-12)9-13(10,2)15-3/h10-12H,4-9H2,1-2H3/t10-,11-,12+,13+,14-/m1/s1. The number of ether oxygens (including phenoxy) is 1. The van der Waals surface area contributed by atoms with E-state index in [0.717, 1.165) is 12.3 Å². The van der Waals surface area contributed by atoms with E-state index < -0.39 is 0 Å². The summed E-state index contributed by atoms with van der Waals surface area (Å²) in [4.78, 5) is 3.95. The fourth-order valence-corrected chi connectivity index (χ4v) is 4.02. The summed E-state index contributed by atoms with van der Waals surface area (Å²) in [5.41, 5.74) is -0.0524. The third-order valence-corrected chi connectivity index (χ3v) is 5.46. The molecule has 2 nitrogen and oxygen atoms in total. The van der Waals surface area contributed by atoms with Gasteiger partial charge in [-0.1, -0.05) is 13.3 Å². The van der Waals surface area contributed by atoms with Gasteiger partial charge in [-0.3, -0.25) is 0 Å². The molecule has 0 N–H and O–H groups in total. The second-order valence-electron chi connectivity index (χ2n) is 6.31. The molecule has 88 valence electrons. The van der Waals surface area contributed by atoms with Gasteiger partial charge in [-0.25, -0.2) is 6.57 Å². The molecule has 0 aromatic rings. The van der Waals surface area contributed by atoms with Crippen LogP contribution in [0.2, 0.25) is 0 Å². The first-order valence-corrected chi connectivity index (χ1v) is 6.67. The molecule has 16 heavy (non-hydrogen) atoms. The summed E-state index contributed by atoms with van der Waals surface area (Å²) in [6.07, 6.45) is 7.87. The van der Waals surface area contributed by atoms with E-state index in [2.05, 4.69) is 18.7 Å². The molecule has 0 amide bonds. The largest absolute Gasteiger partial charge is 0.365 e. The number of hydrogen-bond acceptors (Lipinski definition) is 1. The lowest BCUT2D eigenvalue weighted by Gasteiger charge is -2.28. The Balaban J connectivity index is 1.91. The first-order chi connectivity index (χ1) is 7.61. The van der Waals surface area contributed by atoms with E-state index >= 15 is 0 Å². The molecule has 5 atom stereocenters. The van der Waals surface area contributed by atoms with Crippen molar-refractivity contribution in [1.82, 2.24) is 0 Å². The Morgan fingerprint density at radius 3 is 2.81 bits per heavy atom. The maximum absolute atomic E-state index is 7.50. The van der Waals surface area contributed by atoms with Crippen LogP contribution >= 0.6 is 0 Å². The predicted octanol–water partition coefficient (Wildman–Crippen LogP) is 3.42. The molecule has 3 fully saturated rings. The third kappa shape index (κ3) is 1.27. The molecule has 0 aromatic heterocycles. The Morgan fingerprint density at radius 2 is 2.06 bits per heavy atom. The minimum Gasteiger partial charge on any atom is -0.365 e. The van der Waals surface area contributed by atoms with Crippen LogP contribution < -0.4 is 0 Å². The van der Waals surface area contributed by atoms with Crippen molar-refractivity contribution in [3.63, 3.8) is 0 Å². The van der Waals surface area contributed by atoms with Gasteiger partial charge < -0.3 is 9.58 Å². The normalized spacial score (nSPS) is 55.4. The molecule has 3 rings (SSSR count). The lowest BCUT2D eigenvalue weighted by atomic mass is 9.73. The van der Waals surface area contributed by atoms with Crippen molar-refractivity contribution >= 4 is 0 Å². The molecule has 0 bridgehead atoms. The molecule has 2 aliphatic carbocycles. The maximum Gasteiger partial charge on any atom is 0.235 e. The van der Waals surface area contributed by atoms with E-state index in [0.29, 0.717) is 12.0 Å². The zero-order chi connectivity index (χ0) is 11.4. The van der Waals surface area contributed by atoms with Crippen molar-refractivity contribution in [2.45, 2.75) is 69.6 Å². The summed E-state index contributed by atoms with van der Waals surface area (Å²) in [6, 6.07) is 0. The Morgan fingerprint density at radius 1 is 1.25 bits per heavy atom. The second-order valence-corrected chi connectivity index (χ2v) is 6.31. The van der Waals surface area contributed by atoms with Crippen LogP contribution in [0.15, 0.2) is 0 Å². The average Bonchev–Trinajstić information content (AvgIpc) is 2.99. The molecule has 3 aliphatic rings. The van der Waals surface area contributed by atoms with Crippen molar-refractivity contribution in [2.24, 2.45) is 11.8 Å². The predicted molar refractivity (Wildman–Crippen MR) is 63.0 cm³/mol. The monoisotopic (exact) mass is 219 g/mol. The number of nitrogens with zero attached hydrogens (tertiary/aromatic N) is 1. The van der Waals surface area contributed by atoms with Crippen molar-refractivity contribution < 1.29 is 4.74 Å². The fraction of sp³-hybridized carbons (Fsp3) is 0.929. The summed E-state index contributed by atoms with van der Waals surface area (Å²) in [5.74, 6) is 1.27. The van der Waals surface area contributed by atoms with Crippen LogP contribution in [0.25, 0.3) is 4.85 Å². The van der Waals surface area contributed by atoms with Gasteiger partial charge in [0.1, 0.15) is 5.60 Å². The van der Waals surface area contributed by atoms with Crippen molar-refractivity contribution in [3.05, 3.63) is 11.4 Å². The van der Waals surface area contributed by atoms with E-state index in [9.17, 15) is 0 Å². The van der Waals surface area contributed by atoms with Gasteiger partial charge in [0.2, 0.25) is 5.54 Å². The smallest absolute Gasteiger partial charge is 0.235 e. The summed E-state index contributed by atoms with van der Waals surface area (Å²) >= 11 is 0. The SMILES string of the molecule is [C-]#[N+][C@@]1(C)C[C@]23O[C@H]2CCC[C@@H]3CC[C@H]1C. The fourth-order valence-electron chi connectivity index (χ4n) is 4.02. The van der Waals surface area contributed by atoms with Crippen LogP contribution in [0.4, 0.5) is 0 Å². The summed E-state index contributed by atoms with van der Waals surface area (Å²) in [5, 5.41) is 0. The molecule has 1 spiro atoms. The highest BCUT2D eigenvalue weighted by Crippen LogP contribution is 2.60. The van der Waals surface area contributed by atoms with E-state index in [1.165, 1.54) is 32.1 Å². The van der Waals surface area contributed by atoms with Gasteiger partial charge in [-0.05, 0) is 31.6 Å². The van der Waals surface area contributed by atoms with Gasteiger partial charge in [-0.15, -0.1) is 0 Å². The average molecular weight is 219 g/mol. The second kappa shape index (κ2) is 3.23. The molecular weight excluding hydrogens is 198 g/mol.